The summed E-state index contributed by atoms with van der Waals surface area (Å²) in [7, 11) is 0. The zero-order chi connectivity index (χ0) is 14.0. The minimum Gasteiger partial charge on any atom is -0.489 e. The number of hydrogen-bond donors (Lipinski definition) is 1. The highest BCUT2D eigenvalue weighted by Crippen LogP contribution is 2.33. The van der Waals surface area contributed by atoms with Gasteiger partial charge in [0.2, 0.25) is 0 Å². The summed E-state index contributed by atoms with van der Waals surface area (Å²) in [5, 5.41) is 8.80. The minimum atomic E-state index is -0.738. The van der Waals surface area contributed by atoms with E-state index in [4.69, 9.17) is 9.84 Å². The molecule has 19 heavy (non-hydrogen) atoms. The van der Waals surface area contributed by atoms with Crippen LogP contribution in [-0.4, -0.2) is 28.2 Å². The van der Waals surface area contributed by atoms with Crippen LogP contribution < -0.4 is 4.74 Å². The normalized spacial score (nSPS) is 19.1. The van der Waals surface area contributed by atoms with Gasteiger partial charge < -0.3 is 9.84 Å². The molecule has 2 rings (SSSR count). The second kappa shape index (κ2) is 6.18. The summed E-state index contributed by atoms with van der Waals surface area (Å²) in [5.41, 5.74) is 1.19. The standard InChI is InChI=1S/C14H17BrO3S/c1-8(2)13(14(16)17)19-7-11-6-9-5-10(15)3-4-12(9)18-11/h3-5,8,11,13H,6-7H2,1-2H3,(H,16,17). The Labute approximate surface area is 125 Å². The van der Waals surface area contributed by atoms with Crippen molar-refractivity contribution in [2.75, 3.05) is 5.75 Å². The van der Waals surface area contributed by atoms with E-state index >= 15 is 0 Å². The molecule has 1 aromatic rings. The molecule has 0 aromatic heterocycles. The maximum Gasteiger partial charge on any atom is 0.316 e. The number of halogens is 1. The maximum atomic E-state index is 11.1. The molecule has 0 saturated heterocycles. The summed E-state index contributed by atoms with van der Waals surface area (Å²) in [6.45, 7) is 3.88. The number of aliphatic carboxylic acids is 1. The lowest BCUT2D eigenvalue weighted by molar-refractivity contribution is -0.137. The first-order valence-electron chi connectivity index (χ1n) is 6.27. The predicted octanol–water partition coefficient (Wildman–Crippen LogP) is 3.60. The lowest BCUT2D eigenvalue weighted by Crippen LogP contribution is -2.26. The van der Waals surface area contributed by atoms with Crippen molar-refractivity contribution in [1.82, 2.24) is 0 Å². The van der Waals surface area contributed by atoms with Crippen LogP contribution in [0, 0.1) is 5.92 Å². The Morgan fingerprint density at radius 3 is 2.95 bits per heavy atom. The van der Waals surface area contributed by atoms with E-state index in [0.717, 1.165) is 16.6 Å². The Balaban J connectivity index is 1.92. The lowest BCUT2D eigenvalue weighted by Gasteiger charge is -2.18. The van der Waals surface area contributed by atoms with Gasteiger partial charge in [0.15, 0.2) is 0 Å². The molecule has 1 aromatic carbocycles. The molecule has 0 aliphatic carbocycles. The number of carboxylic acid groups (broad SMARTS) is 1. The lowest BCUT2D eigenvalue weighted by atomic mass is 10.1. The molecule has 1 N–H and O–H groups in total. The first-order valence-corrected chi connectivity index (χ1v) is 8.11. The number of hydrogen-bond acceptors (Lipinski definition) is 3. The molecule has 1 aliphatic rings. The van der Waals surface area contributed by atoms with E-state index < -0.39 is 5.97 Å². The van der Waals surface area contributed by atoms with Gasteiger partial charge in [0.25, 0.3) is 0 Å². The molecule has 3 nitrogen and oxygen atoms in total. The number of ether oxygens (including phenoxy) is 1. The first kappa shape index (κ1) is 14.7. The Kier molecular flexibility index (Phi) is 4.79. The van der Waals surface area contributed by atoms with Gasteiger partial charge >= 0.3 is 5.97 Å². The van der Waals surface area contributed by atoms with Crippen LogP contribution in [0.15, 0.2) is 22.7 Å². The molecule has 1 aliphatic heterocycles. The number of benzene rings is 1. The van der Waals surface area contributed by atoms with E-state index in [-0.39, 0.29) is 17.3 Å². The molecular weight excluding hydrogens is 328 g/mol. The quantitative estimate of drug-likeness (QED) is 0.886. The van der Waals surface area contributed by atoms with Crippen LogP contribution in [0.25, 0.3) is 0 Å². The van der Waals surface area contributed by atoms with Gasteiger partial charge in [-0.2, -0.15) is 0 Å². The molecule has 1 heterocycles. The van der Waals surface area contributed by atoms with Crippen LogP contribution in [-0.2, 0) is 11.2 Å². The number of fused-ring (bicyclic) bond motifs is 1. The monoisotopic (exact) mass is 344 g/mol. The molecule has 0 amide bonds. The van der Waals surface area contributed by atoms with Gasteiger partial charge in [-0.1, -0.05) is 29.8 Å². The van der Waals surface area contributed by atoms with Gasteiger partial charge in [-0.3, -0.25) is 4.79 Å². The van der Waals surface area contributed by atoms with Crippen LogP contribution in [0.2, 0.25) is 0 Å². The fourth-order valence-corrected chi connectivity index (χ4v) is 3.69. The minimum absolute atomic E-state index is 0.0786. The van der Waals surface area contributed by atoms with Crippen LogP contribution >= 0.6 is 27.7 Å². The van der Waals surface area contributed by atoms with E-state index in [9.17, 15) is 4.79 Å². The third-order valence-electron chi connectivity index (χ3n) is 3.07. The van der Waals surface area contributed by atoms with Gasteiger partial charge in [-0.25, -0.2) is 0 Å². The van der Waals surface area contributed by atoms with Gasteiger partial charge in [0, 0.05) is 16.6 Å². The van der Waals surface area contributed by atoms with Crippen LogP contribution in [0.4, 0.5) is 0 Å². The van der Waals surface area contributed by atoms with Crippen molar-refractivity contribution in [2.24, 2.45) is 5.92 Å². The van der Waals surface area contributed by atoms with Crippen molar-refractivity contribution in [3.63, 3.8) is 0 Å². The summed E-state index contributed by atoms with van der Waals surface area (Å²) < 4.78 is 6.89. The SMILES string of the molecule is CC(C)C(SCC1Cc2cc(Br)ccc2O1)C(=O)O. The molecule has 2 atom stereocenters. The second-order valence-electron chi connectivity index (χ2n) is 5.03. The van der Waals surface area contributed by atoms with E-state index in [2.05, 4.69) is 22.0 Å². The molecule has 104 valence electrons. The Morgan fingerprint density at radius 2 is 2.32 bits per heavy atom. The molecule has 0 bridgehead atoms. The van der Waals surface area contributed by atoms with Crippen molar-refractivity contribution in [2.45, 2.75) is 31.6 Å². The second-order valence-corrected chi connectivity index (χ2v) is 7.12. The van der Waals surface area contributed by atoms with Crippen molar-refractivity contribution in [3.05, 3.63) is 28.2 Å². The van der Waals surface area contributed by atoms with Crippen molar-refractivity contribution in [1.29, 1.82) is 0 Å². The Hall–Kier alpha value is -0.680. The largest absolute Gasteiger partial charge is 0.489 e. The Bertz CT molecular complexity index is 476. The summed E-state index contributed by atoms with van der Waals surface area (Å²) in [6.07, 6.45) is 0.932. The Morgan fingerprint density at radius 1 is 1.58 bits per heavy atom. The number of carboxylic acids is 1. The van der Waals surface area contributed by atoms with Crippen LogP contribution in [0.1, 0.15) is 19.4 Å². The fourth-order valence-electron chi connectivity index (χ4n) is 2.14. The summed E-state index contributed by atoms with van der Waals surface area (Å²) >= 11 is 4.92. The van der Waals surface area contributed by atoms with E-state index in [1.165, 1.54) is 17.3 Å². The average molecular weight is 345 g/mol. The highest BCUT2D eigenvalue weighted by Gasteiger charge is 2.27. The van der Waals surface area contributed by atoms with Crippen LogP contribution in [0.3, 0.4) is 0 Å². The summed E-state index contributed by atoms with van der Waals surface area (Å²) in [5.74, 6) is 1.02. The summed E-state index contributed by atoms with van der Waals surface area (Å²) in [6, 6.07) is 5.99. The number of carbonyl (C=O) groups is 1. The predicted molar refractivity (Wildman–Crippen MR) is 81.0 cm³/mol. The topological polar surface area (TPSA) is 46.5 Å². The molecular formula is C14H17BrO3S. The van der Waals surface area contributed by atoms with Gasteiger partial charge in [0.1, 0.15) is 17.1 Å². The maximum absolute atomic E-state index is 11.1. The van der Waals surface area contributed by atoms with Crippen molar-refractivity contribution >= 4 is 33.7 Å². The van der Waals surface area contributed by atoms with Gasteiger partial charge in [0.05, 0.1) is 0 Å². The smallest absolute Gasteiger partial charge is 0.316 e. The van der Waals surface area contributed by atoms with E-state index in [1.54, 1.807) is 0 Å². The molecule has 0 saturated carbocycles. The molecule has 0 fully saturated rings. The van der Waals surface area contributed by atoms with Crippen molar-refractivity contribution < 1.29 is 14.6 Å². The number of thioether (sulfide) groups is 1. The average Bonchev–Trinajstić information content (AvgIpc) is 2.70. The zero-order valence-corrected chi connectivity index (χ0v) is 13.3. The summed E-state index contributed by atoms with van der Waals surface area (Å²) in [4.78, 5) is 11.1. The van der Waals surface area contributed by atoms with Gasteiger partial charge in [-0.05, 0) is 29.7 Å². The molecule has 2 unspecified atom stereocenters. The highest BCUT2D eigenvalue weighted by molar-refractivity contribution is 9.10. The van der Waals surface area contributed by atoms with E-state index in [0.29, 0.717) is 5.75 Å². The molecule has 5 heteroatoms. The highest BCUT2D eigenvalue weighted by atomic mass is 79.9. The van der Waals surface area contributed by atoms with E-state index in [1.807, 2.05) is 26.0 Å². The third kappa shape index (κ3) is 3.66. The third-order valence-corrected chi connectivity index (χ3v) is 5.24. The van der Waals surface area contributed by atoms with Crippen molar-refractivity contribution in [3.8, 4) is 5.75 Å². The number of rotatable bonds is 5. The zero-order valence-electron chi connectivity index (χ0n) is 10.9. The van der Waals surface area contributed by atoms with Crippen LogP contribution in [0.5, 0.6) is 5.75 Å². The fraction of sp³-hybridized carbons (Fsp3) is 0.500. The molecule has 0 radical (unpaired) electrons. The van der Waals surface area contributed by atoms with Gasteiger partial charge in [-0.15, -0.1) is 11.8 Å². The first-order chi connectivity index (χ1) is 8.97. The molecule has 0 spiro atoms.